The molecule has 1 atom stereocenters. The molecule has 2 rings (SSSR count). The summed E-state index contributed by atoms with van der Waals surface area (Å²) >= 11 is 5.42. The van der Waals surface area contributed by atoms with Gasteiger partial charge in [-0.2, -0.15) is 0 Å². The van der Waals surface area contributed by atoms with Crippen LogP contribution in [-0.2, 0) is 0 Å². The van der Waals surface area contributed by atoms with Gasteiger partial charge in [-0.05, 0) is 86.8 Å². The molecule has 2 nitrogen and oxygen atoms in total. The molecule has 0 fully saturated rings. The SMILES string of the molecule is Cc1ccc(NC(=S)NC(C)c2ccc(C)c(C)c2)cc1C. The van der Waals surface area contributed by atoms with Crippen molar-refractivity contribution in [2.75, 3.05) is 5.32 Å². The summed E-state index contributed by atoms with van der Waals surface area (Å²) in [6.45, 7) is 10.6. The molecule has 0 spiro atoms. The molecule has 0 saturated carbocycles. The van der Waals surface area contributed by atoms with Crippen LogP contribution >= 0.6 is 12.2 Å². The summed E-state index contributed by atoms with van der Waals surface area (Å²) in [5.74, 6) is 0. The number of hydrogen-bond acceptors (Lipinski definition) is 1. The second-order valence-corrected chi connectivity index (χ2v) is 6.37. The first-order valence-electron chi connectivity index (χ1n) is 7.58. The summed E-state index contributed by atoms with van der Waals surface area (Å²) in [6, 6.07) is 13.0. The summed E-state index contributed by atoms with van der Waals surface area (Å²) < 4.78 is 0. The lowest BCUT2D eigenvalue weighted by atomic mass is 10.0. The van der Waals surface area contributed by atoms with E-state index in [1.807, 2.05) is 0 Å². The van der Waals surface area contributed by atoms with Crippen molar-refractivity contribution in [3.63, 3.8) is 0 Å². The minimum atomic E-state index is 0.172. The van der Waals surface area contributed by atoms with Crippen LogP contribution in [0.15, 0.2) is 36.4 Å². The number of benzene rings is 2. The van der Waals surface area contributed by atoms with Crippen molar-refractivity contribution in [3.8, 4) is 0 Å². The van der Waals surface area contributed by atoms with Gasteiger partial charge in [0.25, 0.3) is 0 Å². The van der Waals surface area contributed by atoms with Crippen molar-refractivity contribution in [1.82, 2.24) is 5.32 Å². The fourth-order valence-electron chi connectivity index (χ4n) is 2.30. The highest BCUT2D eigenvalue weighted by atomic mass is 32.1. The molecule has 0 radical (unpaired) electrons. The quantitative estimate of drug-likeness (QED) is 0.783. The van der Waals surface area contributed by atoms with Gasteiger partial charge in [-0.3, -0.25) is 0 Å². The lowest BCUT2D eigenvalue weighted by Gasteiger charge is -2.18. The number of thiocarbonyl (C=S) groups is 1. The van der Waals surface area contributed by atoms with Crippen LogP contribution in [0.25, 0.3) is 0 Å². The standard InChI is InChI=1S/C19H24N2S/c1-12-6-8-17(10-14(12)3)16(5)20-19(22)21-18-9-7-13(2)15(4)11-18/h6-11,16H,1-5H3,(H2,20,21,22). The number of nitrogens with one attached hydrogen (secondary N) is 2. The van der Waals surface area contributed by atoms with E-state index in [9.17, 15) is 0 Å². The highest BCUT2D eigenvalue weighted by Crippen LogP contribution is 2.18. The Morgan fingerprint density at radius 1 is 0.864 bits per heavy atom. The Morgan fingerprint density at radius 2 is 1.45 bits per heavy atom. The molecule has 0 amide bonds. The average molecular weight is 312 g/mol. The third kappa shape index (κ3) is 4.08. The lowest BCUT2D eigenvalue weighted by Crippen LogP contribution is -2.31. The molecule has 0 saturated heterocycles. The molecule has 22 heavy (non-hydrogen) atoms. The van der Waals surface area contributed by atoms with Gasteiger partial charge >= 0.3 is 0 Å². The van der Waals surface area contributed by atoms with Crippen LogP contribution in [0.2, 0.25) is 0 Å². The van der Waals surface area contributed by atoms with Gasteiger partial charge in [0.2, 0.25) is 0 Å². The molecule has 2 aromatic carbocycles. The van der Waals surface area contributed by atoms with Gasteiger partial charge in [0, 0.05) is 5.69 Å². The topological polar surface area (TPSA) is 24.1 Å². The van der Waals surface area contributed by atoms with E-state index in [1.54, 1.807) is 0 Å². The number of rotatable bonds is 3. The second kappa shape index (κ2) is 6.93. The minimum Gasteiger partial charge on any atom is -0.356 e. The number of hydrogen-bond donors (Lipinski definition) is 2. The lowest BCUT2D eigenvalue weighted by molar-refractivity contribution is 0.721. The molecular weight excluding hydrogens is 288 g/mol. The zero-order chi connectivity index (χ0) is 16.3. The van der Waals surface area contributed by atoms with Crippen molar-refractivity contribution in [3.05, 3.63) is 64.2 Å². The van der Waals surface area contributed by atoms with Gasteiger partial charge < -0.3 is 10.6 Å². The van der Waals surface area contributed by atoms with E-state index in [0.717, 1.165) is 5.69 Å². The molecule has 0 aliphatic carbocycles. The van der Waals surface area contributed by atoms with E-state index in [4.69, 9.17) is 12.2 Å². The Bertz CT molecular complexity index is 692. The van der Waals surface area contributed by atoms with E-state index < -0.39 is 0 Å². The second-order valence-electron chi connectivity index (χ2n) is 5.96. The third-order valence-corrected chi connectivity index (χ3v) is 4.36. The van der Waals surface area contributed by atoms with Gasteiger partial charge in [-0.15, -0.1) is 0 Å². The Balaban J connectivity index is 2.01. The molecule has 0 aromatic heterocycles. The van der Waals surface area contributed by atoms with Crippen LogP contribution in [0.3, 0.4) is 0 Å². The first kappa shape index (κ1) is 16.5. The fraction of sp³-hybridized carbons (Fsp3) is 0.316. The van der Waals surface area contributed by atoms with Crippen molar-refractivity contribution >= 4 is 23.0 Å². The first-order chi connectivity index (χ1) is 10.4. The van der Waals surface area contributed by atoms with Gasteiger partial charge in [0.15, 0.2) is 5.11 Å². The van der Waals surface area contributed by atoms with E-state index in [2.05, 4.69) is 81.7 Å². The van der Waals surface area contributed by atoms with Crippen LogP contribution in [0, 0.1) is 27.7 Å². The molecule has 2 aromatic rings. The van der Waals surface area contributed by atoms with Crippen LogP contribution in [0.1, 0.15) is 40.8 Å². The van der Waals surface area contributed by atoms with Crippen molar-refractivity contribution in [2.45, 2.75) is 40.7 Å². The highest BCUT2D eigenvalue weighted by Gasteiger charge is 2.08. The molecule has 0 aliphatic rings. The van der Waals surface area contributed by atoms with Crippen LogP contribution in [0.5, 0.6) is 0 Å². The van der Waals surface area contributed by atoms with Gasteiger partial charge in [0.1, 0.15) is 0 Å². The summed E-state index contributed by atoms with van der Waals surface area (Å²) in [5, 5.41) is 7.25. The van der Waals surface area contributed by atoms with Crippen molar-refractivity contribution in [1.29, 1.82) is 0 Å². The van der Waals surface area contributed by atoms with Gasteiger partial charge in [0.05, 0.1) is 6.04 Å². The maximum Gasteiger partial charge on any atom is 0.171 e. The van der Waals surface area contributed by atoms with Crippen LogP contribution in [-0.4, -0.2) is 5.11 Å². The molecule has 2 N–H and O–H groups in total. The van der Waals surface area contributed by atoms with Gasteiger partial charge in [-0.1, -0.05) is 24.3 Å². The Morgan fingerprint density at radius 3 is 2.05 bits per heavy atom. The summed E-state index contributed by atoms with van der Waals surface area (Å²) in [4.78, 5) is 0. The zero-order valence-electron chi connectivity index (χ0n) is 13.9. The zero-order valence-corrected chi connectivity index (χ0v) is 14.8. The third-order valence-electron chi connectivity index (χ3n) is 4.14. The summed E-state index contributed by atoms with van der Waals surface area (Å²) in [7, 11) is 0. The summed E-state index contributed by atoms with van der Waals surface area (Å²) in [6.07, 6.45) is 0. The maximum atomic E-state index is 5.42. The predicted molar refractivity (Wildman–Crippen MR) is 99.6 cm³/mol. The molecule has 0 heterocycles. The van der Waals surface area contributed by atoms with Crippen LogP contribution in [0.4, 0.5) is 5.69 Å². The molecule has 1 unspecified atom stereocenters. The normalized spacial score (nSPS) is 11.9. The monoisotopic (exact) mass is 312 g/mol. The molecule has 0 bridgehead atoms. The smallest absolute Gasteiger partial charge is 0.171 e. The molecule has 116 valence electrons. The van der Waals surface area contributed by atoms with Crippen molar-refractivity contribution in [2.24, 2.45) is 0 Å². The Kier molecular flexibility index (Phi) is 5.19. The molecule has 0 aliphatic heterocycles. The fourth-order valence-corrected chi connectivity index (χ4v) is 2.59. The highest BCUT2D eigenvalue weighted by molar-refractivity contribution is 7.80. The predicted octanol–water partition coefficient (Wildman–Crippen LogP) is 4.97. The number of anilines is 1. The largest absolute Gasteiger partial charge is 0.356 e. The van der Waals surface area contributed by atoms with Crippen LogP contribution < -0.4 is 10.6 Å². The Hall–Kier alpha value is -1.87. The number of aryl methyl sites for hydroxylation is 4. The van der Waals surface area contributed by atoms with Gasteiger partial charge in [-0.25, -0.2) is 0 Å². The average Bonchev–Trinajstić information content (AvgIpc) is 2.45. The molecular formula is C19H24N2S. The van der Waals surface area contributed by atoms with E-state index in [-0.39, 0.29) is 6.04 Å². The van der Waals surface area contributed by atoms with E-state index in [0.29, 0.717) is 5.11 Å². The van der Waals surface area contributed by atoms with Crippen molar-refractivity contribution < 1.29 is 0 Å². The maximum absolute atomic E-state index is 5.42. The minimum absolute atomic E-state index is 0.172. The Labute approximate surface area is 139 Å². The van der Waals surface area contributed by atoms with E-state index in [1.165, 1.54) is 27.8 Å². The molecule has 3 heteroatoms. The summed E-state index contributed by atoms with van der Waals surface area (Å²) in [5.41, 5.74) is 7.43. The van der Waals surface area contributed by atoms with E-state index >= 15 is 0 Å². The first-order valence-corrected chi connectivity index (χ1v) is 7.99.